The summed E-state index contributed by atoms with van der Waals surface area (Å²) in [6, 6.07) is 2.01. The van der Waals surface area contributed by atoms with Gasteiger partial charge in [-0.25, -0.2) is 4.79 Å². The van der Waals surface area contributed by atoms with Crippen molar-refractivity contribution in [2.75, 3.05) is 5.32 Å². The lowest BCUT2D eigenvalue weighted by Crippen LogP contribution is -2.42. The van der Waals surface area contributed by atoms with Gasteiger partial charge in [-0.05, 0) is 50.8 Å². The molecule has 2 aromatic heterocycles. The Morgan fingerprint density at radius 2 is 2.00 bits per heavy atom. The molecular weight excluding hydrogens is 398 g/mol. The van der Waals surface area contributed by atoms with Crippen LogP contribution in [0.2, 0.25) is 0 Å². The number of carbonyl (C=O) groups is 4. The van der Waals surface area contributed by atoms with Crippen LogP contribution in [0.15, 0.2) is 22.8 Å². The van der Waals surface area contributed by atoms with Crippen molar-refractivity contribution in [3.8, 4) is 0 Å². The average molecular weight is 419 g/mol. The van der Waals surface area contributed by atoms with Gasteiger partial charge in [0.25, 0.3) is 17.7 Å². The first-order chi connectivity index (χ1) is 13.8. The summed E-state index contributed by atoms with van der Waals surface area (Å²) in [6.45, 7) is 2.84. The van der Waals surface area contributed by atoms with E-state index in [2.05, 4.69) is 10.6 Å². The summed E-state index contributed by atoms with van der Waals surface area (Å²) >= 11 is 1.31. The van der Waals surface area contributed by atoms with Gasteiger partial charge in [0.15, 0.2) is 11.9 Å². The van der Waals surface area contributed by atoms with Crippen molar-refractivity contribution >= 4 is 40.0 Å². The van der Waals surface area contributed by atoms with Gasteiger partial charge in [-0.2, -0.15) is 0 Å². The van der Waals surface area contributed by atoms with E-state index in [0.717, 1.165) is 29.7 Å². The Morgan fingerprint density at radius 3 is 2.66 bits per heavy atom. The Kier molecular flexibility index (Phi) is 6.02. The number of furan rings is 1. The number of amides is 3. The SMILES string of the molecule is C[C@H](NC(=O)c1ccco1)C(=O)O[C@H](C)C(=O)Nc1sc2c(c1C(N)=O)CCC2. The van der Waals surface area contributed by atoms with E-state index in [1.165, 1.54) is 37.5 Å². The molecule has 2 aromatic rings. The second-order valence-corrected chi connectivity index (χ2v) is 7.77. The third-order valence-corrected chi connectivity index (χ3v) is 5.72. The van der Waals surface area contributed by atoms with Gasteiger partial charge in [-0.1, -0.05) is 0 Å². The van der Waals surface area contributed by atoms with Crippen molar-refractivity contribution in [1.82, 2.24) is 5.32 Å². The van der Waals surface area contributed by atoms with Crippen LogP contribution in [0.25, 0.3) is 0 Å². The number of thiophene rings is 1. The lowest BCUT2D eigenvalue weighted by atomic mass is 10.1. The summed E-state index contributed by atoms with van der Waals surface area (Å²) in [5, 5.41) is 5.43. The standard InChI is InChI=1S/C19H21N3O6S/c1-9(21-17(25)12-6-4-8-27-12)19(26)28-10(2)16(24)22-18-14(15(20)23)11-5-3-7-13(11)29-18/h4,6,8-10H,3,5,7H2,1-2H3,(H2,20,23)(H,21,25)(H,22,24)/t9-,10+/m0/s1. The van der Waals surface area contributed by atoms with Gasteiger partial charge < -0.3 is 25.5 Å². The molecule has 3 rings (SSSR count). The first kappa shape index (κ1) is 20.6. The quantitative estimate of drug-likeness (QED) is 0.583. The molecular formula is C19H21N3O6S. The number of hydrogen-bond acceptors (Lipinski definition) is 7. The van der Waals surface area contributed by atoms with Gasteiger partial charge in [0.05, 0.1) is 11.8 Å². The predicted molar refractivity (Wildman–Crippen MR) is 105 cm³/mol. The minimum Gasteiger partial charge on any atom is -0.459 e. The molecule has 4 N–H and O–H groups in total. The normalized spacial score (nSPS) is 14.6. The van der Waals surface area contributed by atoms with Crippen LogP contribution in [0.1, 0.15) is 51.6 Å². The molecule has 2 heterocycles. The van der Waals surface area contributed by atoms with Crippen molar-refractivity contribution in [1.29, 1.82) is 0 Å². The van der Waals surface area contributed by atoms with Gasteiger partial charge >= 0.3 is 5.97 Å². The molecule has 0 bridgehead atoms. The van der Waals surface area contributed by atoms with E-state index < -0.39 is 35.8 Å². The Balaban J connectivity index is 1.59. The topological polar surface area (TPSA) is 141 Å². The molecule has 0 unspecified atom stereocenters. The molecule has 0 saturated carbocycles. The molecule has 2 atom stereocenters. The number of anilines is 1. The average Bonchev–Trinajstić information content (AvgIpc) is 3.38. The second kappa shape index (κ2) is 8.48. The number of hydrogen-bond donors (Lipinski definition) is 3. The number of esters is 1. The van der Waals surface area contributed by atoms with E-state index in [0.29, 0.717) is 10.6 Å². The number of primary amides is 1. The number of fused-ring (bicyclic) bond motifs is 1. The molecule has 0 saturated heterocycles. The van der Waals surface area contributed by atoms with Crippen molar-refractivity contribution in [2.24, 2.45) is 5.73 Å². The van der Waals surface area contributed by atoms with Gasteiger partial charge in [0, 0.05) is 4.88 Å². The predicted octanol–water partition coefficient (Wildman–Crippen LogP) is 1.62. The molecule has 9 nitrogen and oxygen atoms in total. The van der Waals surface area contributed by atoms with E-state index in [9.17, 15) is 19.2 Å². The maximum atomic E-state index is 12.4. The molecule has 10 heteroatoms. The number of nitrogens with two attached hydrogens (primary N) is 1. The van der Waals surface area contributed by atoms with Crippen LogP contribution >= 0.6 is 11.3 Å². The smallest absolute Gasteiger partial charge is 0.329 e. The maximum absolute atomic E-state index is 12.4. The molecule has 0 aromatic carbocycles. The van der Waals surface area contributed by atoms with Crippen LogP contribution in [0.3, 0.4) is 0 Å². The highest BCUT2D eigenvalue weighted by Crippen LogP contribution is 2.38. The van der Waals surface area contributed by atoms with E-state index >= 15 is 0 Å². The van der Waals surface area contributed by atoms with E-state index in [1.807, 2.05) is 0 Å². The van der Waals surface area contributed by atoms with Gasteiger partial charge in [-0.3, -0.25) is 14.4 Å². The molecule has 154 valence electrons. The highest BCUT2D eigenvalue weighted by Gasteiger charge is 2.29. The largest absolute Gasteiger partial charge is 0.459 e. The minimum absolute atomic E-state index is 0.0557. The van der Waals surface area contributed by atoms with Crippen LogP contribution in [0.5, 0.6) is 0 Å². The lowest BCUT2D eigenvalue weighted by Gasteiger charge is -2.17. The molecule has 0 aliphatic heterocycles. The first-order valence-electron chi connectivity index (χ1n) is 9.08. The molecule has 1 aliphatic rings. The summed E-state index contributed by atoms with van der Waals surface area (Å²) in [4.78, 5) is 49.4. The van der Waals surface area contributed by atoms with Crippen LogP contribution in [-0.2, 0) is 27.2 Å². The lowest BCUT2D eigenvalue weighted by molar-refractivity contribution is -0.154. The number of rotatable bonds is 7. The Bertz CT molecular complexity index is 950. The Hall–Kier alpha value is -3.14. The fraction of sp³-hybridized carbons (Fsp3) is 0.368. The van der Waals surface area contributed by atoms with Crippen molar-refractivity contribution < 1.29 is 28.3 Å². The third kappa shape index (κ3) is 4.48. The van der Waals surface area contributed by atoms with Gasteiger partial charge in [0.1, 0.15) is 11.0 Å². The van der Waals surface area contributed by atoms with E-state index in [1.54, 1.807) is 6.07 Å². The first-order valence-corrected chi connectivity index (χ1v) is 9.89. The Morgan fingerprint density at radius 1 is 1.24 bits per heavy atom. The molecule has 0 radical (unpaired) electrons. The summed E-state index contributed by atoms with van der Waals surface area (Å²) < 4.78 is 10.1. The summed E-state index contributed by atoms with van der Waals surface area (Å²) in [5.74, 6) is -2.49. The zero-order valence-electron chi connectivity index (χ0n) is 15.9. The van der Waals surface area contributed by atoms with Crippen LogP contribution < -0.4 is 16.4 Å². The summed E-state index contributed by atoms with van der Waals surface area (Å²) in [5.41, 5.74) is 6.69. The highest BCUT2D eigenvalue weighted by atomic mass is 32.1. The third-order valence-electron chi connectivity index (χ3n) is 4.51. The van der Waals surface area contributed by atoms with E-state index in [4.69, 9.17) is 14.9 Å². The van der Waals surface area contributed by atoms with Gasteiger partial charge in [-0.15, -0.1) is 11.3 Å². The van der Waals surface area contributed by atoms with Crippen LogP contribution in [-0.4, -0.2) is 35.8 Å². The molecule has 0 fully saturated rings. The van der Waals surface area contributed by atoms with E-state index in [-0.39, 0.29) is 5.76 Å². The zero-order valence-corrected chi connectivity index (χ0v) is 16.8. The fourth-order valence-corrected chi connectivity index (χ4v) is 4.33. The molecule has 3 amide bonds. The monoisotopic (exact) mass is 419 g/mol. The minimum atomic E-state index is -1.14. The van der Waals surface area contributed by atoms with Crippen molar-refractivity contribution in [3.05, 3.63) is 40.2 Å². The van der Waals surface area contributed by atoms with Gasteiger partial charge in [0.2, 0.25) is 0 Å². The summed E-state index contributed by atoms with van der Waals surface area (Å²) in [6.07, 6.45) is 2.74. The number of ether oxygens (including phenoxy) is 1. The van der Waals surface area contributed by atoms with Crippen molar-refractivity contribution in [3.63, 3.8) is 0 Å². The second-order valence-electron chi connectivity index (χ2n) is 6.67. The molecule has 0 spiro atoms. The highest BCUT2D eigenvalue weighted by molar-refractivity contribution is 7.17. The number of nitrogens with one attached hydrogen (secondary N) is 2. The zero-order chi connectivity index (χ0) is 21.1. The number of carbonyl (C=O) groups excluding carboxylic acids is 4. The van der Waals surface area contributed by atoms with Crippen LogP contribution in [0, 0.1) is 0 Å². The summed E-state index contributed by atoms with van der Waals surface area (Å²) in [7, 11) is 0. The van der Waals surface area contributed by atoms with Crippen LogP contribution in [0.4, 0.5) is 5.00 Å². The Labute approximate surface area is 170 Å². The fourth-order valence-electron chi connectivity index (χ4n) is 3.03. The maximum Gasteiger partial charge on any atom is 0.329 e. The molecule has 29 heavy (non-hydrogen) atoms. The van der Waals surface area contributed by atoms with Crippen molar-refractivity contribution in [2.45, 2.75) is 45.3 Å². The number of aryl methyl sites for hydroxylation is 1. The molecule has 1 aliphatic carbocycles.